The van der Waals surface area contributed by atoms with Crippen LogP contribution in [0.4, 0.5) is 4.79 Å². The van der Waals surface area contributed by atoms with Crippen LogP contribution in [-0.2, 0) is 38.0 Å². The molecule has 15 heteroatoms. The minimum absolute atomic E-state index is 0.0467. The number of rotatable bonds is 18. The van der Waals surface area contributed by atoms with E-state index in [4.69, 9.17) is 28.4 Å². The molecule has 0 aromatic carbocycles. The van der Waals surface area contributed by atoms with E-state index in [0.29, 0.717) is 19.6 Å². The van der Waals surface area contributed by atoms with Gasteiger partial charge in [0.25, 0.3) is 6.47 Å². The van der Waals surface area contributed by atoms with Crippen molar-refractivity contribution in [3.05, 3.63) is 0 Å². The number of hydrogen-bond acceptors (Lipinski definition) is 13. The Morgan fingerprint density at radius 1 is 1.16 bits per heavy atom. The number of ether oxygens (including phenoxy) is 6. The SMILES string of the molecule is COCCOCCOC(=O)NCC(=O)NC1C(O)CC(OC=O)(OCCC(C)C)OC1C(O)C(O)CO. The number of nitrogens with one attached hydrogen (secondary N) is 2. The van der Waals surface area contributed by atoms with Crippen molar-refractivity contribution in [3.63, 3.8) is 0 Å². The molecule has 1 aliphatic heterocycles. The zero-order valence-electron chi connectivity index (χ0n) is 21.4. The Morgan fingerprint density at radius 2 is 1.86 bits per heavy atom. The monoisotopic (exact) mass is 540 g/mol. The summed E-state index contributed by atoms with van der Waals surface area (Å²) in [4.78, 5) is 35.4. The average molecular weight is 541 g/mol. The molecule has 6 unspecified atom stereocenters. The zero-order valence-corrected chi connectivity index (χ0v) is 21.4. The predicted octanol–water partition coefficient (Wildman–Crippen LogP) is -2.39. The first-order chi connectivity index (χ1) is 17.6. The van der Waals surface area contributed by atoms with Gasteiger partial charge in [0, 0.05) is 7.11 Å². The Bertz CT molecular complexity index is 683. The average Bonchev–Trinajstić information content (AvgIpc) is 2.85. The summed E-state index contributed by atoms with van der Waals surface area (Å²) < 4.78 is 31.1. The molecule has 0 spiro atoms. The first-order valence-electron chi connectivity index (χ1n) is 11.9. The number of carbonyl (C=O) groups excluding carboxylic acids is 3. The molecule has 2 amide bonds. The summed E-state index contributed by atoms with van der Waals surface area (Å²) in [6.07, 6.45) is -7.40. The van der Waals surface area contributed by atoms with Crippen LogP contribution < -0.4 is 10.6 Å². The second kappa shape index (κ2) is 17.4. The fraction of sp³-hybridized carbons (Fsp3) is 0.864. The Morgan fingerprint density at radius 3 is 2.49 bits per heavy atom. The van der Waals surface area contributed by atoms with E-state index in [-0.39, 0.29) is 32.2 Å². The van der Waals surface area contributed by atoms with Crippen molar-refractivity contribution in [1.82, 2.24) is 10.6 Å². The summed E-state index contributed by atoms with van der Waals surface area (Å²) in [6.45, 7) is 3.36. The number of carbonyl (C=O) groups is 3. The van der Waals surface area contributed by atoms with Gasteiger partial charge < -0.3 is 59.5 Å². The van der Waals surface area contributed by atoms with Crippen molar-refractivity contribution in [2.45, 2.75) is 63.1 Å². The van der Waals surface area contributed by atoms with Gasteiger partial charge in [-0.1, -0.05) is 13.8 Å². The van der Waals surface area contributed by atoms with Gasteiger partial charge in [0.1, 0.15) is 31.5 Å². The van der Waals surface area contributed by atoms with E-state index in [1.807, 2.05) is 13.8 Å². The van der Waals surface area contributed by atoms with E-state index in [0.717, 1.165) is 0 Å². The highest BCUT2D eigenvalue weighted by molar-refractivity contribution is 5.82. The Kier molecular flexibility index (Phi) is 15.5. The number of methoxy groups -OCH3 is 1. The second-order valence-corrected chi connectivity index (χ2v) is 8.71. The normalized spacial score (nSPS) is 25.2. The zero-order chi connectivity index (χ0) is 27.8. The third kappa shape index (κ3) is 11.9. The fourth-order valence-corrected chi connectivity index (χ4v) is 3.32. The Hall–Kier alpha value is -2.11. The van der Waals surface area contributed by atoms with Gasteiger partial charge in [0.15, 0.2) is 0 Å². The third-order valence-electron chi connectivity index (χ3n) is 5.32. The molecule has 1 rings (SSSR count). The van der Waals surface area contributed by atoms with E-state index in [1.54, 1.807) is 0 Å². The first-order valence-corrected chi connectivity index (χ1v) is 11.9. The number of aliphatic hydroxyl groups excluding tert-OH is 4. The van der Waals surface area contributed by atoms with Crippen LogP contribution in [-0.4, -0.2) is 129 Å². The number of aliphatic hydroxyl groups is 4. The molecule has 1 aliphatic rings. The minimum Gasteiger partial charge on any atom is -0.447 e. The summed E-state index contributed by atoms with van der Waals surface area (Å²) in [6, 6.07) is -1.34. The maximum atomic E-state index is 12.5. The molecule has 0 aromatic rings. The molecular weight excluding hydrogens is 500 g/mol. The van der Waals surface area contributed by atoms with Crippen molar-refractivity contribution in [2.75, 3.05) is 53.3 Å². The molecule has 37 heavy (non-hydrogen) atoms. The fourth-order valence-electron chi connectivity index (χ4n) is 3.32. The number of alkyl carbamates (subject to hydrolysis) is 1. The molecule has 6 atom stereocenters. The van der Waals surface area contributed by atoms with Crippen molar-refractivity contribution in [1.29, 1.82) is 0 Å². The summed E-state index contributed by atoms with van der Waals surface area (Å²) in [5.74, 6) is -2.67. The van der Waals surface area contributed by atoms with Crippen LogP contribution >= 0.6 is 0 Å². The molecule has 6 N–H and O–H groups in total. The predicted molar refractivity (Wildman–Crippen MR) is 124 cm³/mol. The van der Waals surface area contributed by atoms with Crippen LogP contribution in [0.15, 0.2) is 0 Å². The van der Waals surface area contributed by atoms with Crippen LogP contribution in [0.1, 0.15) is 26.7 Å². The van der Waals surface area contributed by atoms with Gasteiger partial charge >= 0.3 is 12.1 Å². The number of amides is 2. The van der Waals surface area contributed by atoms with Gasteiger partial charge in [0.2, 0.25) is 5.91 Å². The van der Waals surface area contributed by atoms with Crippen LogP contribution in [0.5, 0.6) is 0 Å². The van der Waals surface area contributed by atoms with Crippen LogP contribution in [0, 0.1) is 5.92 Å². The highest BCUT2D eigenvalue weighted by Gasteiger charge is 2.53. The molecule has 1 saturated heterocycles. The largest absolute Gasteiger partial charge is 0.447 e. The lowest BCUT2D eigenvalue weighted by molar-refractivity contribution is -0.409. The summed E-state index contributed by atoms with van der Waals surface area (Å²) in [7, 11) is 1.52. The van der Waals surface area contributed by atoms with Crippen molar-refractivity contribution in [3.8, 4) is 0 Å². The summed E-state index contributed by atoms with van der Waals surface area (Å²) in [5, 5.41) is 45.2. The lowest BCUT2D eigenvalue weighted by atomic mass is 9.91. The van der Waals surface area contributed by atoms with Gasteiger partial charge in [-0.15, -0.1) is 0 Å². The third-order valence-corrected chi connectivity index (χ3v) is 5.32. The Balaban J connectivity index is 2.79. The maximum absolute atomic E-state index is 12.5. The highest BCUT2D eigenvalue weighted by Crippen LogP contribution is 2.34. The molecule has 0 aliphatic carbocycles. The second-order valence-electron chi connectivity index (χ2n) is 8.71. The minimum atomic E-state index is -2.11. The molecule has 0 aromatic heterocycles. The van der Waals surface area contributed by atoms with E-state index >= 15 is 0 Å². The first kappa shape index (κ1) is 32.9. The molecule has 15 nitrogen and oxygen atoms in total. The Labute approximate surface area is 215 Å². The molecule has 0 saturated carbocycles. The molecule has 1 heterocycles. The van der Waals surface area contributed by atoms with E-state index < -0.39 is 68.0 Å². The number of hydrogen-bond donors (Lipinski definition) is 6. The van der Waals surface area contributed by atoms with Crippen molar-refractivity contribution >= 4 is 18.5 Å². The standard InChI is InChI=1S/C22H40N2O13/c1-14(2)4-5-35-22(36-13-26)10-15(27)18(20(37-22)19(30)16(28)12-25)24-17(29)11-23-21(31)34-9-8-33-7-6-32-3/h13-16,18-20,25,27-28,30H,4-12H2,1-3H3,(H,23,31)(H,24,29). The van der Waals surface area contributed by atoms with Crippen molar-refractivity contribution < 1.29 is 63.2 Å². The maximum Gasteiger partial charge on any atom is 0.407 e. The van der Waals surface area contributed by atoms with Gasteiger partial charge in [0.05, 0.1) is 51.6 Å². The lowest BCUT2D eigenvalue weighted by Crippen LogP contribution is -2.67. The summed E-state index contributed by atoms with van der Waals surface area (Å²) >= 11 is 0. The molecule has 216 valence electrons. The quantitative estimate of drug-likeness (QED) is 0.0609. The molecule has 0 radical (unpaired) electrons. The van der Waals surface area contributed by atoms with E-state index in [9.17, 15) is 34.8 Å². The molecule has 1 fully saturated rings. The summed E-state index contributed by atoms with van der Waals surface area (Å²) in [5.41, 5.74) is 0. The molecular formula is C22H40N2O13. The smallest absolute Gasteiger partial charge is 0.407 e. The van der Waals surface area contributed by atoms with Crippen LogP contribution in [0.2, 0.25) is 0 Å². The lowest BCUT2D eigenvalue weighted by Gasteiger charge is -2.46. The van der Waals surface area contributed by atoms with Crippen molar-refractivity contribution in [2.24, 2.45) is 5.92 Å². The van der Waals surface area contributed by atoms with Crippen LogP contribution in [0.25, 0.3) is 0 Å². The van der Waals surface area contributed by atoms with Crippen LogP contribution in [0.3, 0.4) is 0 Å². The van der Waals surface area contributed by atoms with E-state index in [1.165, 1.54) is 7.11 Å². The van der Waals surface area contributed by atoms with E-state index in [2.05, 4.69) is 10.6 Å². The van der Waals surface area contributed by atoms with Gasteiger partial charge in [-0.05, 0) is 12.3 Å². The highest BCUT2D eigenvalue weighted by atomic mass is 16.9. The van der Waals surface area contributed by atoms with Gasteiger partial charge in [-0.3, -0.25) is 9.59 Å². The van der Waals surface area contributed by atoms with Gasteiger partial charge in [-0.2, -0.15) is 0 Å². The molecule has 0 bridgehead atoms. The topological polar surface area (TPSA) is 212 Å². The van der Waals surface area contributed by atoms with Gasteiger partial charge in [-0.25, -0.2) is 4.79 Å².